The van der Waals surface area contributed by atoms with E-state index in [2.05, 4.69) is 94.6 Å². The van der Waals surface area contributed by atoms with Crippen LogP contribution < -0.4 is 0 Å². The molecular weight excluding hydrogens is 1060 g/mol. The fraction of sp³-hybridized carbons (Fsp3) is 0.933. The summed E-state index contributed by atoms with van der Waals surface area (Å²) in [4.78, 5) is 20.3. The van der Waals surface area contributed by atoms with Gasteiger partial charge in [-0.1, -0.05) is 55.4 Å². The zero-order valence-electron chi connectivity index (χ0n) is 55.2. The monoisotopic (exact) mass is 1190 g/mol. The Morgan fingerprint density at radius 2 is 0.286 bits per heavy atom. The average Bonchev–Trinajstić information content (AvgIpc) is 4.32. The number of hydrogen-bond donors (Lipinski definition) is 8. The molecule has 8 N–H and O–H groups in total. The van der Waals surface area contributed by atoms with Crippen molar-refractivity contribution in [1.82, 2.24) is 39.2 Å². The van der Waals surface area contributed by atoms with Gasteiger partial charge in [-0.2, -0.15) is 0 Å². The molecule has 8 saturated heterocycles. The third-order valence-corrected chi connectivity index (χ3v) is 14.4. The van der Waals surface area contributed by atoms with Crippen molar-refractivity contribution in [2.45, 2.75) is 209 Å². The highest BCUT2D eigenvalue weighted by Crippen LogP contribution is 2.11. The molecule has 0 amide bonds. The summed E-state index contributed by atoms with van der Waals surface area (Å²) in [5.41, 5.74) is 0. The van der Waals surface area contributed by atoms with Crippen LogP contribution in [0, 0.1) is 44.9 Å². The largest absolute Gasteiger partial charge is 0.573 e. The number of rotatable bonds is 16. The molecule has 0 spiro atoms. The summed E-state index contributed by atoms with van der Waals surface area (Å²) in [5.74, 6) is 4.56. The Morgan fingerprint density at radius 3 is 0.333 bits per heavy atom. The molecule has 0 aromatic rings. The van der Waals surface area contributed by atoms with Crippen molar-refractivity contribution in [1.29, 1.82) is 21.0 Å². The van der Waals surface area contributed by atoms with Gasteiger partial charge in [0.1, 0.15) is 0 Å². The highest BCUT2D eigenvalue weighted by Gasteiger charge is 2.13. The normalized spacial score (nSPS) is 18.2. The van der Waals surface area contributed by atoms with E-state index in [0.29, 0.717) is 0 Å². The van der Waals surface area contributed by atoms with Crippen LogP contribution in [0.1, 0.15) is 209 Å². The Balaban J connectivity index is -0.000000418. The molecule has 8 rings (SSSR count). The lowest BCUT2D eigenvalue weighted by molar-refractivity contribution is 0.339. The van der Waals surface area contributed by atoms with Crippen molar-refractivity contribution < 1.29 is 40.2 Å². The van der Waals surface area contributed by atoms with Gasteiger partial charge in [-0.25, -0.2) is 21.0 Å². The Bertz CT molecular complexity index is 1180. The lowest BCUT2D eigenvalue weighted by Gasteiger charge is -2.11. The standard InChI is InChI=1S/8C7H15N.4CH2BNO2/c8*1-2-5-8-6-3-4-7-8;4*3-1-2(4)5/h8*2-7H2,1H3;4*4-5H. The van der Waals surface area contributed by atoms with Crippen LogP contribution in [0.25, 0.3) is 0 Å². The van der Waals surface area contributed by atoms with Gasteiger partial charge in [0.05, 0.1) is 23.9 Å². The quantitative estimate of drug-likeness (QED) is 0.0820. The highest BCUT2D eigenvalue weighted by atomic mass is 16.4. The summed E-state index contributed by atoms with van der Waals surface area (Å²) < 4.78 is 0. The van der Waals surface area contributed by atoms with Crippen LogP contribution in [0.5, 0.6) is 0 Å². The van der Waals surface area contributed by atoms with Gasteiger partial charge in [-0.15, -0.1) is 0 Å². The smallest absolute Gasteiger partial charge is 0.415 e. The zero-order valence-corrected chi connectivity index (χ0v) is 55.2. The molecule has 0 atom stereocenters. The summed E-state index contributed by atoms with van der Waals surface area (Å²) in [6.45, 7) is 50.2. The Morgan fingerprint density at radius 1 is 0.214 bits per heavy atom. The second kappa shape index (κ2) is 69.7. The maximum absolute atomic E-state index is 7.56. The van der Waals surface area contributed by atoms with E-state index in [9.17, 15) is 0 Å². The first kappa shape index (κ1) is 88.0. The van der Waals surface area contributed by atoms with E-state index in [0.717, 1.165) is 23.9 Å². The van der Waals surface area contributed by atoms with E-state index < -0.39 is 28.5 Å². The second-order valence-electron chi connectivity index (χ2n) is 22.4. The maximum atomic E-state index is 7.56. The van der Waals surface area contributed by atoms with Crippen molar-refractivity contribution in [3.63, 3.8) is 0 Å². The molecular formula is C60H128B4N12O8. The van der Waals surface area contributed by atoms with Crippen LogP contribution in [0.15, 0.2) is 0 Å². The molecule has 8 aliphatic rings. The third kappa shape index (κ3) is 67.1. The molecule has 0 unspecified atom stereocenters. The molecule has 0 bridgehead atoms. The fourth-order valence-corrected chi connectivity index (χ4v) is 10.6. The topological polar surface area (TPSA) is 283 Å². The van der Waals surface area contributed by atoms with Crippen LogP contribution in [0.2, 0.25) is 0 Å². The number of hydrogen-bond acceptors (Lipinski definition) is 20. The molecule has 8 heterocycles. The summed E-state index contributed by atoms with van der Waals surface area (Å²) in [6.07, 6.45) is 33.4. The molecule has 0 aliphatic carbocycles. The summed E-state index contributed by atoms with van der Waals surface area (Å²) in [5, 5.41) is 90.0. The Kier molecular flexibility index (Phi) is 73.0. The summed E-state index contributed by atoms with van der Waals surface area (Å²) in [7, 11) is -7.24. The third-order valence-electron chi connectivity index (χ3n) is 14.4. The van der Waals surface area contributed by atoms with Gasteiger partial charge in [-0.3, -0.25) is 0 Å². The SMILES string of the molecule is CCCN1CCCC1.CCCN1CCCC1.CCCN1CCCC1.CCCN1CCCC1.CCCN1CCCC1.CCCN1CCCC1.CCCN1CCCC1.CCCN1CCCC1.N#CB(O)O.N#CB(O)O.N#CB(O)O.N#CB(O)O. The van der Waals surface area contributed by atoms with Crippen LogP contribution in [0.3, 0.4) is 0 Å². The number of nitrogens with zero attached hydrogens (tertiary/aromatic N) is 12. The minimum Gasteiger partial charge on any atom is -0.415 e. The predicted molar refractivity (Wildman–Crippen MR) is 351 cm³/mol. The maximum Gasteiger partial charge on any atom is 0.573 e. The van der Waals surface area contributed by atoms with E-state index in [4.69, 9.17) is 61.2 Å². The Labute approximate surface area is 517 Å². The van der Waals surface area contributed by atoms with Gasteiger partial charge in [0.2, 0.25) is 0 Å². The van der Waals surface area contributed by atoms with Gasteiger partial charge in [0.15, 0.2) is 0 Å². The minimum absolute atomic E-state index is 1.14. The first-order chi connectivity index (χ1) is 40.5. The van der Waals surface area contributed by atoms with E-state index in [-0.39, 0.29) is 0 Å². The van der Waals surface area contributed by atoms with Gasteiger partial charge in [0, 0.05) is 0 Å². The molecule has 8 aliphatic heterocycles. The molecule has 0 aromatic heterocycles. The molecule has 8 fully saturated rings. The van der Waals surface area contributed by atoms with E-state index in [1.165, 1.54) is 311 Å². The zero-order chi connectivity index (χ0) is 63.7. The average molecular weight is 1190 g/mol. The van der Waals surface area contributed by atoms with Crippen LogP contribution in [-0.2, 0) is 0 Å². The van der Waals surface area contributed by atoms with Crippen LogP contribution in [0.4, 0.5) is 0 Å². The molecule has 84 heavy (non-hydrogen) atoms. The summed E-state index contributed by atoms with van der Waals surface area (Å²) >= 11 is 0. The van der Waals surface area contributed by atoms with Crippen molar-refractivity contribution in [2.24, 2.45) is 0 Å². The predicted octanol–water partition coefficient (Wildman–Crippen LogP) is 6.03. The molecule has 0 aromatic carbocycles. The number of likely N-dealkylation sites (tertiary alicyclic amines) is 8. The van der Waals surface area contributed by atoms with E-state index >= 15 is 0 Å². The lowest BCUT2D eigenvalue weighted by atomic mass is 9.97. The van der Waals surface area contributed by atoms with Crippen molar-refractivity contribution in [2.75, 3.05) is 157 Å². The summed E-state index contributed by atoms with van der Waals surface area (Å²) in [6, 6.07) is 0. The number of nitriles is 4. The highest BCUT2D eigenvalue weighted by molar-refractivity contribution is 6.51. The van der Waals surface area contributed by atoms with Crippen molar-refractivity contribution in [3.05, 3.63) is 0 Å². The van der Waals surface area contributed by atoms with Gasteiger partial charge in [-0.05, 0) is 311 Å². The second-order valence-corrected chi connectivity index (χ2v) is 22.4. The van der Waals surface area contributed by atoms with Crippen molar-refractivity contribution >= 4 is 28.5 Å². The van der Waals surface area contributed by atoms with Gasteiger partial charge in [0.25, 0.3) is 0 Å². The first-order valence-electron chi connectivity index (χ1n) is 33.4. The van der Waals surface area contributed by atoms with E-state index in [1.54, 1.807) is 0 Å². The van der Waals surface area contributed by atoms with Crippen LogP contribution >= 0.6 is 0 Å². The van der Waals surface area contributed by atoms with Gasteiger partial charge < -0.3 is 79.4 Å². The fourth-order valence-electron chi connectivity index (χ4n) is 10.6. The molecule has 0 saturated carbocycles. The van der Waals surface area contributed by atoms with Crippen molar-refractivity contribution in [3.8, 4) is 23.9 Å². The molecule has 488 valence electrons. The molecule has 20 nitrogen and oxygen atoms in total. The lowest BCUT2D eigenvalue weighted by Crippen LogP contribution is -2.19. The Hall–Kier alpha value is -2.42. The first-order valence-corrected chi connectivity index (χ1v) is 33.4. The molecule has 24 heteroatoms. The van der Waals surface area contributed by atoms with Crippen LogP contribution in [-0.4, -0.2) is 265 Å². The van der Waals surface area contributed by atoms with Gasteiger partial charge >= 0.3 is 28.5 Å². The molecule has 0 radical (unpaired) electrons. The minimum atomic E-state index is -1.81. The van der Waals surface area contributed by atoms with E-state index in [1.807, 2.05) is 0 Å².